The van der Waals surface area contributed by atoms with E-state index in [0.29, 0.717) is 31.5 Å². The Kier molecular flexibility index (Phi) is 9.50. The van der Waals surface area contributed by atoms with E-state index in [2.05, 4.69) is 4.72 Å². The van der Waals surface area contributed by atoms with Crippen molar-refractivity contribution in [3.05, 3.63) is 23.0 Å². The number of hydrazine groups is 1. The number of benzene rings is 1. The summed E-state index contributed by atoms with van der Waals surface area (Å²) in [7, 11) is 0. The van der Waals surface area contributed by atoms with Crippen LogP contribution in [0.15, 0.2) is 17.0 Å². The second-order valence-electron chi connectivity index (χ2n) is 6.39. The van der Waals surface area contributed by atoms with E-state index in [1.165, 1.54) is 23.0 Å². The highest BCUT2D eigenvalue weighted by Gasteiger charge is 2.30. The minimum atomic E-state index is -0.957. The molecule has 0 aliphatic carbocycles. The van der Waals surface area contributed by atoms with Gasteiger partial charge in [-0.3, -0.25) is 4.72 Å². The van der Waals surface area contributed by atoms with Gasteiger partial charge >= 0.3 is 18.1 Å². The molecule has 1 aliphatic heterocycles. The molecule has 1 aliphatic rings. The molecule has 0 radical (unpaired) electrons. The minimum absolute atomic E-state index is 0.0171. The average Bonchev–Trinajstić information content (AvgIpc) is 2.74. The predicted octanol–water partition coefficient (Wildman–Crippen LogP) is 4.00. The van der Waals surface area contributed by atoms with Crippen LogP contribution < -0.4 is 9.46 Å². The van der Waals surface area contributed by atoms with Crippen LogP contribution >= 0.6 is 23.5 Å². The number of carbonyl (C=O) groups excluding carboxylic acids is 3. The maximum absolute atomic E-state index is 14.3. The molecule has 1 saturated heterocycles. The van der Waals surface area contributed by atoms with E-state index < -0.39 is 30.0 Å². The van der Waals surface area contributed by atoms with Gasteiger partial charge in [0, 0.05) is 19.2 Å². The molecular formula is C19H25ClFN3O6S. The van der Waals surface area contributed by atoms with E-state index in [4.69, 9.17) is 25.8 Å². The first-order valence-electron chi connectivity index (χ1n) is 9.79. The third-order valence-corrected chi connectivity index (χ3v) is 5.26. The van der Waals surface area contributed by atoms with E-state index in [0.717, 1.165) is 12.5 Å². The van der Waals surface area contributed by atoms with Crippen LogP contribution in [0.1, 0.15) is 33.6 Å². The first-order chi connectivity index (χ1) is 14.8. The Morgan fingerprint density at radius 1 is 1.16 bits per heavy atom. The van der Waals surface area contributed by atoms with Crippen LogP contribution in [0.5, 0.6) is 5.75 Å². The summed E-state index contributed by atoms with van der Waals surface area (Å²) in [4.78, 5) is 36.4. The van der Waals surface area contributed by atoms with Crippen molar-refractivity contribution in [3.8, 4) is 5.75 Å². The number of ether oxygens (including phenoxy) is 3. The first-order valence-corrected chi connectivity index (χ1v) is 11.0. The second-order valence-corrected chi connectivity index (χ2v) is 7.64. The molecular weight excluding hydrogens is 453 g/mol. The Bertz CT molecular complexity index is 815. The number of rotatable bonds is 7. The summed E-state index contributed by atoms with van der Waals surface area (Å²) in [6.45, 7) is 5.85. The van der Waals surface area contributed by atoms with Crippen LogP contribution in [0.3, 0.4) is 0 Å². The molecule has 1 unspecified atom stereocenters. The molecule has 3 amide bonds. The van der Waals surface area contributed by atoms with Gasteiger partial charge in [-0.1, -0.05) is 11.6 Å². The lowest BCUT2D eigenvalue weighted by atomic mass is 10.2. The Hall–Kier alpha value is -2.40. The molecule has 1 heterocycles. The number of nitrogens with zero attached hydrogens (tertiary/aromatic N) is 2. The van der Waals surface area contributed by atoms with E-state index in [-0.39, 0.29) is 28.9 Å². The van der Waals surface area contributed by atoms with Crippen LogP contribution in [0.2, 0.25) is 5.02 Å². The van der Waals surface area contributed by atoms with Crippen molar-refractivity contribution < 1.29 is 33.0 Å². The van der Waals surface area contributed by atoms with Crippen LogP contribution in [0.4, 0.5) is 14.0 Å². The van der Waals surface area contributed by atoms with Gasteiger partial charge in [0.1, 0.15) is 11.6 Å². The van der Waals surface area contributed by atoms with Crippen LogP contribution in [0.25, 0.3) is 0 Å². The largest absolute Gasteiger partial charge is 0.477 e. The highest BCUT2D eigenvalue weighted by atomic mass is 35.5. The van der Waals surface area contributed by atoms with Gasteiger partial charge in [-0.2, -0.15) is 0 Å². The topological polar surface area (TPSA) is 97.4 Å². The van der Waals surface area contributed by atoms with Crippen molar-refractivity contribution in [2.24, 2.45) is 0 Å². The maximum atomic E-state index is 14.3. The Morgan fingerprint density at radius 3 is 2.45 bits per heavy atom. The summed E-state index contributed by atoms with van der Waals surface area (Å²) in [5.74, 6) is -1.21. The molecule has 1 aromatic rings. The van der Waals surface area contributed by atoms with Gasteiger partial charge in [0.05, 0.1) is 23.1 Å². The zero-order valence-corrected chi connectivity index (χ0v) is 19.1. The minimum Gasteiger partial charge on any atom is -0.477 e. The predicted molar refractivity (Wildman–Crippen MR) is 112 cm³/mol. The standard InChI is InChI=1S/C19H25ClFN3O6S/c1-4-28-17(25)12(3)30-15-11-16(14(21)10-13(15)20)31-22-18(26)23-8-6-7-9-24(23)19(27)29-5-2/h10-12H,4-9H2,1-3H3,(H,22,26). The van der Waals surface area contributed by atoms with Gasteiger partial charge in [-0.25, -0.2) is 28.8 Å². The van der Waals surface area contributed by atoms with Gasteiger partial charge in [0.2, 0.25) is 0 Å². The number of urea groups is 1. The molecule has 2 rings (SSSR count). The first kappa shape index (κ1) is 24.9. The number of hydrogen-bond acceptors (Lipinski definition) is 7. The van der Waals surface area contributed by atoms with E-state index in [9.17, 15) is 18.8 Å². The highest BCUT2D eigenvalue weighted by Crippen LogP contribution is 2.33. The molecule has 1 fully saturated rings. The Balaban J connectivity index is 2.07. The fourth-order valence-corrected chi connectivity index (χ4v) is 3.51. The lowest BCUT2D eigenvalue weighted by molar-refractivity contribution is -0.150. The van der Waals surface area contributed by atoms with Gasteiger partial charge in [-0.15, -0.1) is 0 Å². The number of amides is 3. The molecule has 1 N–H and O–H groups in total. The average molecular weight is 478 g/mol. The molecule has 31 heavy (non-hydrogen) atoms. The van der Waals surface area contributed by atoms with Crippen molar-refractivity contribution >= 4 is 41.6 Å². The van der Waals surface area contributed by atoms with Crippen molar-refractivity contribution in [1.82, 2.24) is 14.7 Å². The van der Waals surface area contributed by atoms with E-state index in [1.807, 2.05) is 0 Å². The zero-order valence-electron chi connectivity index (χ0n) is 17.5. The molecule has 1 aromatic carbocycles. The molecule has 12 heteroatoms. The number of carbonyl (C=O) groups is 3. The molecule has 0 spiro atoms. The molecule has 0 bridgehead atoms. The highest BCUT2D eigenvalue weighted by molar-refractivity contribution is 7.98. The fraction of sp³-hybridized carbons (Fsp3) is 0.526. The van der Waals surface area contributed by atoms with Gasteiger partial charge in [-0.05, 0) is 51.6 Å². The number of nitrogens with one attached hydrogen (secondary N) is 1. The summed E-state index contributed by atoms with van der Waals surface area (Å²) >= 11 is 6.71. The second kappa shape index (κ2) is 11.8. The third-order valence-electron chi connectivity index (χ3n) is 4.15. The SMILES string of the molecule is CCOC(=O)C(C)Oc1cc(SNC(=O)N2CCCCN2C(=O)OCC)c(F)cc1Cl. The Labute approximate surface area is 189 Å². The molecule has 9 nitrogen and oxygen atoms in total. The summed E-state index contributed by atoms with van der Waals surface area (Å²) in [6.07, 6.45) is -0.126. The third kappa shape index (κ3) is 6.79. The summed E-state index contributed by atoms with van der Waals surface area (Å²) in [5.41, 5.74) is 0. The lowest BCUT2D eigenvalue weighted by Crippen LogP contribution is -2.55. The normalized spacial score (nSPS) is 14.6. The summed E-state index contributed by atoms with van der Waals surface area (Å²) in [6, 6.07) is 1.70. The lowest BCUT2D eigenvalue weighted by Gasteiger charge is -2.37. The van der Waals surface area contributed by atoms with Crippen molar-refractivity contribution in [2.45, 2.75) is 44.6 Å². The molecule has 1 atom stereocenters. The van der Waals surface area contributed by atoms with Crippen molar-refractivity contribution in [2.75, 3.05) is 26.3 Å². The smallest absolute Gasteiger partial charge is 0.428 e. The van der Waals surface area contributed by atoms with Crippen molar-refractivity contribution in [1.29, 1.82) is 0 Å². The molecule has 0 saturated carbocycles. The van der Waals surface area contributed by atoms with Crippen molar-refractivity contribution in [3.63, 3.8) is 0 Å². The molecule has 0 aromatic heterocycles. The zero-order chi connectivity index (χ0) is 23.0. The van der Waals surface area contributed by atoms with Gasteiger partial charge in [0.15, 0.2) is 6.10 Å². The van der Waals surface area contributed by atoms with Crippen LogP contribution in [0, 0.1) is 5.82 Å². The summed E-state index contributed by atoms with van der Waals surface area (Å²) < 4.78 is 32.2. The van der Waals surface area contributed by atoms with E-state index >= 15 is 0 Å². The van der Waals surface area contributed by atoms with Crippen LogP contribution in [-0.4, -0.2) is 60.5 Å². The number of hydrogen-bond donors (Lipinski definition) is 1. The number of halogens is 2. The van der Waals surface area contributed by atoms with Gasteiger partial charge < -0.3 is 14.2 Å². The van der Waals surface area contributed by atoms with Crippen LogP contribution in [-0.2, 0) is 14.3 Å². The quantitative estimate of drug-likeness (QED) is 0.468. The molecule has 172 valence electrons. The fourth-order valence-electron chi connectivity index (χ4n) is 2.69. The maximum Gasteiger partial charge on any atom is 0.428 e. The summed E-state index contributed by atoms with van der Waals surface area (Å²) in [5, 5.41) is 2.41. The monoisotopic (exact) mass is 477 g/mol. The van der Waals surface area contributed by atoms with Gasteiger partial charge in [0.25, 0.3) is 0 Å². The Morgan fingerprint density at radius 2 is 1.81 bits per heavy atom. The van der Waals surface area contributed by atoms with E-state index in [1.54, 1.807) is 13.8 Å². The number of esters is 1.